The fourth-order valence-corrected chi connectivity index (χ4v) is 3.02. The third-order valence-electron chi connectivity index (χ3n) is 3.64. The minimum atomic E-state index is -0.572. The molecular formula is C18H15N5O5S. The summed E-state index contributed by atoms with van der Waals surface area (Å²) in [6, 6.07) is 12.1. The predicted octanol–water partition coefficient (Wildman–Crippen LogP) is 3.93. The Bertz CT molecular complexity index is 1030. The van der Waals surface area contributed by atoms with Gasteiger partial charge in [0, 0.05) is 28.9 Å². The van der Waals surface area contributed by atoms with Crippen molar-refractivity contribution in [1.82, 2.24) is 10.2 Å². The number of aromatic nitrogens is 2. The van der Waals surface area contributed by atoms with Gasteiger partial charge in [-0.1, -0.05) is 11.3 Å². The lowest BCUT2D eigenvalue weighted by Gasteiger charge is -2.06. The van der Waals surface area contributed by atoms with Gasteiger partial charge in [0.2, 0.25) is 5.13 Å². The van der Waals surface area contributed by atoms with Crippen molar-refractivity contribution in [2.45, 2.75) is 6.92 Å². The van der Waals surface area contributed by atoms with Crippen molar-refractivity contribution in [3.63, 3.8) is 0 Å². The molecule has 2 N–H and O–H groups in total. The van der Waals surface area contributed by atoms with Crippen molar-refractivity contribution < 1.29 is 19.2 Å². The van der Waals surface area contributed by atoms with Gasteiger partial charge in [-0.3, -0.25) is 25.5 Å². The van der Waals surface area contributed by atoms with E-state index in [4.69, 9.17) is 4.74 Å². The van der Waals surface area contributed by atoms with E-state index in [9.17, 15) is 19.7 Å². The molecule has 1 aromatic heterocycles. The quantitative estimate of drug-likeness (QED) is 0.461. The second-order valence-corrected chi connectivity index (χ2v) is 6.57. The van der Waals surface area contributed by atoms with Crippen molar-refractivity contribution in [2.75, 3.05) is 17.2 Å². The first kappa shape index (κ1) is 19.9. The van der Waals surface area contributed by atoms with Gasteiger partial charge in [0.1, 0.15) is 5.01 Å². The number of rotatable bonds is 6. The number of amides is 2. The molecule has 3 aromatic rings. The molecule has 0 radical (unpaired) electrons. The van der Waals surface area contributed by atoms with Crippen molar-refractivity contribution in [3.05, 3.63) is 64.2 Å². The van der Waals surface area contributed by atoms with Gasteiger partial charge < -0.3 is 4.74 Å². The maximum Gasteiger partial charge on any atom is 0.411 e. The summed E-state index contributed by atoms with van der Waals surface area (Å²) in [7, 11) is 0. The molecule has 10 nitrogen and oxygen atoms in total. The summed E-state index contributed by atoms with van der Waals surface area (Å²) in [5.74, 6) is -0.390. The van der Waals surface area contributed by atoms with Gasteiger partial charge in [0.05, 0.1) is 11.5 Å². The van der Waals surface area contributed by atoms with E-state index < -0.39 is 11.0 Å². The number of hydrogen-bond donors (Lipinski definition) is 2. The molecule has 0 spiro atoms. The zero-order valence-electron chi connectivity index (χ0n) is 15.1. The van der Waals surface area contributed by atoms with E-state index in [0.717, 1.165) is 11.3 Å². The first-order valence-corrected chi connectivity index (χ1v) is 9.21. The lowest BCUT2D eigenvalue weighted by molar-refractivity contribution is -0.384. The van der Waals surface area contributed by atoms with Crippen LogP contribution in [0.25, 0.3) is 10.6 Å². The van der Waals surface area contributed by atoms with E-state index in [1.807, 2.05) is 0 Å². The number of benzene rings is 2. The standard InChI is InChI=1S/C18H15N5O5S/c1-2-28-18(25)19-13-7-3-11(4-8-13)15(24)20-17-22-21-16(29-17)12-5-9-14(10-6-12)23(26)27/h3-10H,2H2,1H3,(H,19,25)(H,20,22,24). The smallest absolute Gasteiger partial charge is 0.411 e. The zero-order chi connectivity index (χ0) is 20.8. The van der Waals surface area contributed by atoms with E-state index in [2.05, 4.69) is 20.8 Å². The summed E-state index contributed by atoms with van der Waals surface area (Å²) in [6.45, 7) is 1.96. The second-order valence-electron chi connectivity index (χ2n) is 5.59. The molecule has 11 heteroatoms. The Hall–Kier alpha value is -3.86. The number of nitro benzene ring substituents is 1. The molecule has 0 bridgehead atoms. The average molecular weight is 413 g/mol. The monoisotopic (exact) mass is 413 g/mol. The van der Waals surface area contributed by atoms with E-state index in [0.29, 0.717) is 21.8 Å². The number of carbonyl (C=O) groups is 2. The Morgan fingerprint density at radius 1 is 1.07 bits per heavy atom. The van der Waals surface area contributed by atoms with Crippen LogP contribution < -0.4 is 10.6 Å². The number of nitrogens with one attached hydrogen (secondary N) is 2. The highest BCUT2D eigenvalue weighted by molar-refractivity contribution is 7.18. The van der Waals surface area contributed by atoms with Crippen LogP contribution in [0.1, 0.15) is 17.3 Å². The Morgan fingerprint density at radius 3 is 2.38 bits per heavy atom. The Morgan fingerprint density at radius 2 is 1.76 bits per heavy atom. The SMILES string of the molecule is CCOC(=O)Nc1ccc(C(=O)Nc2nnc(-c3ccc([N+](=O)[O-])cc3)s2)cc1. The van der Waals surface area contributed by atoms with Crippen LogP contribution in [0.4, 0.5) is 21.3 Å². The third-order valence-corrected chi connectivity index (χ3v) is 4.53. The fourth-order valence-electron chi connectivity index (χ4n) is 2.28. The molecular weight excluding hydrogens is 398 g/mol. The predicted molar refractivity (Wildman–Crippen MR) is 107 cm³/mol. The van der Waals surface area contributed by atoms with Crippen LogP contribution in [0.5, 0.6) is 0 Å². The van der Waals surface area contributed by atoms with Gasteiger partial charge in [-0.2, -0.15) is 0 Å². The van der Waals surface area contributed by atoms with Crippen LogP contribution >= 0.6 is 11.3 Å². The van der Waals surface area contributed by atoms with Gasteiger partial charge in [-0.25, -0.2) is 4.79 Å². The van der Waals surface area contributed by atoms with Crippen LogP contribution in [-0.4, -0.2) is 33.7 Å². The molecule has 0 aliphatic carbocycles. The van der Waals surface area contributed by atoms with Crippen LogP contribution in [-0.2, 0) is 4.74 Å². The normalized spacial score (nSPS) is 10.2. The van der Waals surface area contributed by atoms with Crippen molar-refractivity contribution in [2.24, 2.45) is 0 Å². The molecule has 0 atom stereocenters. The summed E-state index contributed by atoms with van der Waals surface area (Å²) >= 11 is 1.14. The molecule has 0 saturated heterocycles. The molecule has 0 aliphatic heterocycles. The summed E-state index contributed by atoms with van der Waals surface area (Å²) in [4.78, 5) is 34.0. The van der Waals surface area contributed by atoms with Gasteiger partial charge in [0.15, 0.2) is 0 Å². The molecule has 0 aliphatic rings. The van der Waals surface area contributed by atoms with Crippen molar-refractivity contribution in [1.29, 1.82) is 0 Å². The fraction of sp³-hybridized carbons (Fsp3) is 0.111. The molecule has 0 unspecified atom stereocenters. The average Bonchev–Trinajstić information content (AvgIpc) is 3.17. The van der Waals surface area contributed by atoms with Gasteiger partial charge >= 0.3 is 6.09 Å². The lowest BCUT2D eigenvalue weighted by Crippen LogP contribution is -2.14. The first-order valence-electron chi connectivity index (χ1n) is 8.40. The summed E-state index contributed by atoms with van der Waals surface area (Å²) < 4.78 is 4.78. The van der Waals surface area contributed by atoms with E-state index in [1.165, 1.54) is 12.1 Å². The third kappa shape index (κ3) is 5.11. The van der Waals surface area contributed by atoms with Crippen molar-refractivity contribution >= 4 is 39.8 Å². The summed E-state index contributed by atoms with van der Waals surface area (Å²) in [6.07, 6.45) is -0.572. The van der Waals surface area contributed by atoms with Gasteiger partial charge in [-0.05, 0) is 43.3 Å². The highest BCUT2D eigenvalue weighted by Gasteiger charge is 2.13. The first-order chi connectivity index (χ1) is 14.0. The Balaban J connectivity index is 1.64. The van der Waals surface area contributed by atoms with Crippen LogP contribution in [0.2, 0.25) is 0 Å². The zero-order valence-corrected chi connectivity index (χ0v) is 15.9. The Labute approximate surface area is 168 Å². The van der Waals surface area contributed by atoms with Crippen LogP contribution in [0, 0.1) is 10.1 Å². The van der Waals surface area contributed by atoms with E-state index in [-0.39, 0.29) is 23.3 Å². The molecule has 2 aromatic carbocycles. The molecule has 148 valence electrons. The Kier molecular flexibility index (Phi) is 6.09. The molecule has 1 heterocycles. The number of carbonyl (C=O) groups excluding carboxylic acids is 2. The molecule has 2 amide bonds. The number of non-ortho nitro benzene ring substituents is 1. The minimum absolute atomic E-state index is 0.0207. The number of nitrogens with zero attached hydrogens (tertiary/aromatic N) is 3. The topological polar surface area (TPSA) is 136 Å². The molecule has 0 fully saturated rings. The number of ether oxygens (including phenoxy) is 1. The maximum absolute atomic E-state index is 12.4. The number of anilines is 2. The van der Waals surface area contributed by atoms with Gasteiger partial charge in [0.25, 0.3) is 11.6 Å². The van der Waals surface area contributed by atoms with E-state index >= 15 is 0 Å². The van der Waals surface area contributed by atoms with E-state index in [1.54, 1.807) is 43.3 Å². The molecule has 0 saturated carbocycles. The van der Waals surface area contributed by atoms with Gasteiger partial charge in [-0.15, -0.1) is 10.2 Å². The largest absolute Gasteiger partial charge is 0.450 e. The van der Waals surface area contributed by atoms with Crippen LogP contribution in [0.3, 0.4) is 0 Å². The maximum atomic E-state index is 12.4. The lowest BCUT2D eigenvalue weighted by atomic mass is 10.2. The molecule has 3 rings (SSSR count). The number of nitro groups is 1. The van der Waals surface area contributed by atoms with Crippen LogP contribution in [0.15, 0.2) is 48.5 Å². The summed E-state index contributed by atoms with van der Waals surface area (Å²) in [5.41, 5.74) is 1.50. The minimum Gasteiger partial charge on any atom is -0.450 e. The second kappa shape index (κ2) is 8.89. The van der Waals surface area contributed by atoms with Crippen molar-refractivity contribution in [3.8, 4) is 10.6 Å². The summed E-state index contributed by atoms with van der Waals surface area (Å²) in [5, 5.41) is 24.6. The highest BCUT2D eigenvalue weighted by Crippen LogP contribution is 2.28. The highest BCUT2D eigenvalue weighted by atomic mass is 32.1. The molecule has 29 heavy (non-hydrogen) atoms. The number of hydrogen-bond acceptors (Lipinski definition) is 8.